The van der Waals surface area contributed by atoms with E-state index in [-0.39, 0.29) is 44.6 Å². The van der Waals surface area contributed by atoms with Crippen LogP contribution in [-0.2, 0) is 56.0 Å². The first-order valence-electron chi connectivity index (χ1n) is 20.9. The second kappa shape index (κ2) is 23.0. The number of benzene rings is 2. The first kappa shape index (κ1) is 48.3. The number of carbonyl (C=O) groups is 9. The van der Waals surface area contributed by atoms with Crippen LogP contribution in [0.25, 0.3) is 0 Å². The molecule has 7 atom stereocenters. The van der Waals surface area contributed by atoms with Crippen LogP contribution in [0.5, 0.6) is 0 Å². The van der Waals surface area contributed by atoms with E-state index in [4.69, 9.17) is 16.6 Å². The summed E-state index contributed by atoms with van der Waals surface area (Å²) >= 11 is 0. The number of carbonyl (C=O) groups excluding carboxylic acids is 8. The molecule has 2 saturated heterocycles. The lowest BCUT2D eigenvalue weighted by Crippen LogP contribution is -2.60. The van der Waals surface area contributed by atoms with Crippen LogP contribution in [0, 0.1) is 5.92 Å². The Labute approximate surface area is 360 Å². The maximum Gasteiger partial charge on any atom is 0.322 e. The van der Waals surface area contributed by atoms with Gasteiger partial charge in [0.25, 0.3) is 0 Å². The van der Waals surface area contributed by atoms with E-state index in [1.165, 1.54) is 16.7 Å². The average Bonchev–Trinajstić information content (AvgIpc) is 3.94. The highest BCUT2D eigenvalue weighted by Crippen LogP contribution is 2.22. The highest BCUT2D eigenvalue weighted by Gasteiger charge is 2.42. The number of nitrogens with two attached hydrogens (primary N) is 2. The zero-order chi connectivity index (χ0) is 45.5. The van der Waals surface area contributed by atoms with Crippen molar-refractivity contribution in [3.8, 4) is 0 Å². The molecular weight excluding hydrogens is 803 g/mol. The Morgan fingerprint density at radius 1 is 0.661 bits per heavy atom. The van der Waals surface area contributed by atoms with Crippen molar-refractivity contribution in [3.63, 3.8) is 0 Å². The minimum Gasteiger partial charge on any atom is -0.480 e. The number of likely N-dealkylation sites (tertiary alicyclic amines) is 2. The SMILES string of the molecule is CC(N)C(=O)N1CCCC1C(=O)NC(Cc1ccccc1)C(=O)N1CCCC1C(=O)NC(CCC(N)=O)C(=O)NC(C(=O)NC(Cc1ccccc1)C(=O)NCC(=O)O)C(C)C. The van der Waals surface area contributed by atoms with Crippen LogP contribution >= 0.6 is 0 Å². The first-order chi connectivity index (χ1) is 29.5. The molecule has 19 nitrogen and oxygen atoms in total. The minimum atomic E-state index is -1.39. The molecule has 8 amide bonds. The molecular formula is C43H59N9O10. The number of nitrogens with one attached hydrogen (secondary N) is 5. The van der Waals surface area contributed by atoms with E-state index in [2.05, 4.69) is 26.6 Å². The maximum absolute atomic E-state index is 14.4. The number of carboxylic acids is 1. The van der Waals surface area contributed by atoms with Crippen molar-refractivity contribution in [1.29, 1.82) is 0 Å². The van der Waals surface area contributed by atoms with Crippen LogP contribution in [0.4, 0.5) is 0 Å². The van der Waals surface area contributed by atoms with Crippen LogP contribution in [0.3, 0.4) is 0 Å². The first-order valence-corrected chi connectivity index (χ1v) is 20.9. The molecule has 2 heterocycles. The largest absolute Gasteiger partial charge is 0.480 e. The zero-order valence-electron chi connectivity index (χ0n) is 35.3. The maximum atomic E-state index is 14.4. The summed E-state index contributed by atoms with van der Waals surface area (Å²) in [5.74, 6) is -7.12. The van der Waals surface area contributed by atoms with Crippen LogP contribution in [-0.4, -0.2) is 130 Å². The summed E-state index contributed by atoms with van der Waals surface area (Å²) in [6.07, 6.45) is 1.13. The average molecular weight is 862 g/mol. The molecule has 4 rings (SSSR count). The fraction of sp³-hybridized carbons (Fsp3) is 0.512. The Morgan fingerprint density at radius 3 is 1.65 bits per heavy atom. The number of hydrogen-bond donors (Lipinski definition) is 8. The predicted molar refractivity (Wildman–Crippen MR) is 225 cm³/mol. The molecule has 10 N–H and O–H groups in total. The molecule has 2 aliphatic heterocycles. The standard InChI is InChI=1S/C43H59N9O10/c1-25(2)36(41(60)48-30(37(56)46-24-35(54)55)22-27-12-6-4-7-13-27)50-38(57)29(18-19-34(45)53)47-39(58)33-17-11-21-52(33)43(62)31(23-28-14-8-5-9-15-28)49-40(59)32-16-10-20-51(32)42(61)26(3)44/h4-9,12-15,25-26,29-33,36H,10-11,16-24,44H2,1-3H3,(H2,45,53)(H,46,56)(H,47,58)(H,48,60)(H,49,59)(H,50,57)(H,54,55). The van der Waals surface area contributed by atoms with Crippen molar-refractivity contribution in [2.75, 3.05) is 19.6 Å². The van der Waals surface area contributed by atoms with E-state index < -0.39 is 102 Å². The molecule has 336 valence electrons. The molecule has 0 saturated carbocycles. The quantitative estimate of drug-likeness (QED) is 0.0743. The van der Waals surface area contributed by atoms with Gasteiger partial charge in [-0.3, -0.25) is 43.2 Å². The Morgan fingerprint density at radius 2 is 1.16 bits per heavy atom. The lowest BCUT2D eigenvalue weighted by atomic mass is 10.00. The monoisotopic (exact) mass is 861 g/mol. The van der Waals surface area contributed by atoms with Gasteiger partial charge in [0.15, 0.2) is 0 Å². The van der Waals surface area contributed by atoms with Crippen LogP contribution in [0.15, 0.2) is 60.7 Å². The fourth-order valence-electron chi connectivity index (χ4n) is 7.60. The number of hydrogen-bond acceptors (Lipinski definition) is 10. The van der Waals surface area contributed by atoms with Gasteiger partial charge in [-0.15, -0.1) is 0 Å². The smallest absolute Gasteiger partial charge is 0.322 e. The third kappa shape index (κ3) is 13.8. The lowest BCUT2D eigenvalue weighted by Gasteiger charge is -2.32. The van der Waals surface area contributed by atoms with E-state index in [9.17, 15) is 43.2 Å². The summed E-state index contributed by atoms with van der Waals surface area (Å²) in [4.78, 5) is 122. The van der Waals surface area contributed by atoms with E-state index in [1.54, 1.807) is 68.4 Å². The molecule has 0 radical (unpaired) electrons. The van der Waals surface area contributed by atoms with E-state index in [0.717, 1.165) is 5.56 Å². The van der Waals surface area contributed by atoms with Gasteiger partial charge in [0.1, 0.15) is 42.8 Å². The van der Waals surface area contributed by atoms with Crippen molar-refractivity contribution in [2.45, 2.75) is 114 Å². The van der Waals surface area contributed by atoms with E-state index in [0.29, 0.717) is 31.4 Å². The molecule has 7 unspecified atom stereocenters. The number of nitrogens with zero attached hydrogens (tertiary/aromatic N) is 2. The summed E-state index contributed by atoms with van der Waals surface area (Å²) < 4.78 is 0. The Bertz CT molecular complexity index is 1930. The van der Waals surface area contributed by atoms with Gasteiger partial charge in [0.05, 0.1) is 6.04 Å². The van der Waals surface area contributed by atoms with Crippen LogP contribution < -0.4 is 38.1 Å². The van der Waals surface area contributed by atoms with Gasteiger partial charge in [-0.1, -0.05) is 74.5 Å². The molecule has 2 aliphatic rings. The molecule has 2 aromatic carbocycles. The molecule has 0 aliphatic carbocycles. The number of primary amides is 1. The Hall–Kier alpha value is -6.37. The Balaban J connectivity index is 1.52. The normalized spacial score (nSPS) is 18.4. The van der Waals surface area contributed by atoms with E-state index >= 15 is 0 Å². The predicted octanol–water partition coefficient (Wildman–Crippen LogP) is -1.14. The van der Waals surface area contributed by atoms with Gasteiger partial charge in [-0.05, 0) is 56.1 Å². The lowest BCUT2D eigenvalue weighted by molar-refractivity contribution is -0.144. The third-order valence-corrected chi connectivity index (χ3v) is 10.9. The fourth-order valence-corrected chi connectivity index (χ4v) is 7.60. The van der Waals surface area contributed by atoms with Gasteiger partial charge in [-0.25, -0.2) is 0 Å². The summed E-state index contributed by atoms with van der Waals surface area (Å²) in [5, 5.41) is 22.1. The second-order valence-electron chi connectivity index (χ2n) is 16.1. The van der Waals surface area contributed by atoms with Crippen molar-refractivity contribution in [3.05, 3.63) is 71.8 Å². The molecule has 62 heavy (non-hydrogen) atoms. The molecule has 2 fully saturated rings. The topological polar surface area (TPSA) is 293 Å². The summed E-state index contributed by atoms with van der Waals surface area (Å²) in [5.41, 5.74) is 12.7. The highest BCUT2D eigenvalue weighted by molar-refractivity contribution is 5.98. The van der Waals surface area contributed by atoms with Crippen molar-refractivity contribution >= 4 is 53.2 Å². The van der Waals surface area contributed by atoms with Crippen molar-refractivity contribution in [2.24, 2.45) is 17.4 Å². The Kier molecular flexibility index (Phi) is 17.9. The summed E-state index contributed by atoms with van der Waals surface area (Å²) in [6, 6.07) is 9.97. The molecule has 0 bridgehead atoms. The number of rotatable bonds is 21. The van der Waals surface area contributed by atoms with Crippen LogP contribution in [0.2, 0.25) is 0 Å². The zero-order valence-corrected chi connectivity index (χ0v) is 35.3. The second-order valence-corrected chi connectivity index (χ2v) is 16.1. The third-order valence-electron chi connectivity index (χ3n) is 10.9. The van der Waals surface area contributed by atoms with Gasteiger partial charge in [0, 0.05) is 32.4 Å². The highest BCUT2D eigenvalue weighted by atomic mass is 16.4. The van der Waals surface area contributed by atoms with Gasteiger partial charge >= 0.3 is 5.97 Å². The minimum absolute atomic E-state index is 0.00679. The summed E-state index contributed by atoms with van der Waals surface area (Å²) in [7, 11) is 0. The van der Waals surface area contributed by atoms with Gasteiger partial charge in [0.2, 0.25) is 47.3 Å². The number of aliphatic carboxylic acids is 1. The molecule has 2 aromatic rings. The van der Waals surface area contributed by atoms with Crippen molar-refractivity contribution in [1.82, 2.24) is 36.4 Å². The number of amides is 8. The molecule has 0 aromatic heterocycles. The van der Waals surface area contributed by atoms with Crippen LogP contribution in [0.1, 0.15) is 70.4 Å². The number of carboxylic acid groups (broad SMARTS) is 1. The van der Waals surface area contributed by atoms with Crippen molar-refractivity contribution < 1.29 is 48.3 Å². The van der Waals surface area contributed by atoms with Gasteiger partial charge in [-0.2, -0.15) is 0 Å². The van der Waals surface area contributed by atoms with E-state index in [1.807, 2.05) is 6.07 Å². The van der Waals surface area contributed by atoms with Gasteiger partial charge < -0.3 is 53.0 Å². The molecule has 0 spiro atoms. The summed E-state index contributed by atoms with van der Waals surface area (Å²) in [6.45, 7) is 4.65. The molecule has 19 heteroatoms.